The highest BCUT2D eigenvalue weighted by molar-refractivity contribution is 7.60. The molecule has 0 amide bonds. The van der Waals surface area contributed by atoms with E-state index in [-0.39, 0.29) is 16.3 Å². The summed E-state index contributed by atoms with van der Waals surface area (Å²) in [6.45, 7) is 2.21. The third-order valence-corrected chi connectivity index (χ3v) is 4.13. The molecule has 10 heteroatoms. The van der Waals surface area contributed by atoms with Crippen LogP contribution in [-0.2, 0) is 21.5 Å². The molecule has 1 aromatic carbocycles. The Morgan fingerprint density at radius 3 is 2.42 bits per heavy atom. The van der Waals surface area contributed by atoms with Crippen LogP contribution in [0.4, 0.5) is 13.2 Å². The standard InChI is InChI=1S/C16H19ClF3NO.HNO2S/c1-2-15(21-22-10-11-5-3-4-6-11)13-9-12(17)7-8-14(13)16(18,19)20;1-4(2)3/h7-9,11H,2-6,10H2,1H3;1H/b21-15+;. The van der Waals surface area contributed by atoms with Gasteiger partial charge in [0.15, 0.2) is 0 Å². The number of nitrogens with zero attached hydrogens (tertiary/aromatic N) is 1. The quantitative estimate of drug-likeness (QED) is 0.525. The van der Waals surface area contributed by atoms with Crippen LogP contribution in [0.2, 0.25) is 5.02 Å². The maximum Gasteiger partial charge on any atom is 0.417 e. The van der Waals surface area contributed by atoms with Gasteiger partial charge in [-0.25, -0.2) is 0 Å². The summed E-state index contributed by atoms with van der Waals surface area (Å²) in [6, 6.07) is 3.52. The minimum Gasteiger partial charge on any atom is -0.395 e. The zero-order valence-corrected chi connectivity index (χ0v) is 15.7. The summed E-state index contributed by atoms with van der Waals surface area (Å²) >= 11 is 5.84. The number of nitrogens with one attached hydrogen (secondary N) is 1. The van der Waals surface area contributed by atoms with Crippen LogP contribution in [0.3, 0.4) is 0 Å². The summed E-state index contributed by atoms with van der Waals surface area (Å²) in [7, 11) is -2.61. The van der Waals surface area contributed by atoms with Gasteiger partial charge in [0.1, 0.15) is 6.61 Å². The fraction of sp³-hybridized carbons (Fsp3) is 0.562. The van der Waals surface area contributed by atoms with E-state index in [2.05, 4.69) is 5.16 Å². The van der Waals surface area contributed by atoms with Crippen molar-refractivity contribution in [2.75, 3.05) is 6.61 Å². The highest BCUT2D eigenvalue weighted by Crippen LogP contribution is 2.34. The zero-order valence-electron chi connectivity index (χ0n) is 14.1. The average molecular weight is 413 g/mol. The normalized spacial score (nSPS) is 15.3. The molecule has 1 N–H and O–H groups in total. The van der Waals surface area contributed by atoms with Crippen molar-refractivity contribution < 1.29 is 26.4 Å². The van der Waals surface area contributed by atoms with E-state index in [0.29, 0.717) is 18.9 Å². The van der Waals surface area contributed by atoms with Crippen LogP contribution in [0.1, 0.15) is 50.2 Å². The molecule has 0 radical (unpaired) electrons. The molecule has 0 saturated heterocycles. The second-order valence-electron chi connectivity index (χ2n) is 5.76. The topological polar surface area (TPSA) is 79.6 Å². The van der Waals surface area contributed by atoms with Crippen LogP contribution < -0.4 is 0 Å². The van der Waals surface area contributed by atoms with Crippen molar-refractivity contribution in [2.24, 2.45) is 11.1 Å². The number of hydrogen-bond acceptors (Lipinski definition) is 5. The van der Waals surface area contributed by atoms with E-state index < -0.39 is 22.2 Å². The molecule has 0 unspecified atom stereocenters. The van der Waals surface area contributed by atoms with Crippen molar-refractivity contribution in [3.05, 3.63) is 34.3 Å². The summed E-state index contributed by atoms with van der Waals surface area (Å²) in [4.78, 5) is 5.31. The lowest BCUT2D eigenvalue weighted by atomic mass is 10.0. The van der Waals surface area contributed by atoms with E-state index in [0.717, 1.165) is 18.9 Å². The van der Waals surface area contributed by atoms with Gasteiger partial charge in [-0.2, -0.15) is 26.4 Å². The lowest BCUT2D eigenvalue weighted by Crippen LogP contribution is -2.14. The van der Waals surface area contributed by atoms with Gasteiger partial charge in [0, 0.05) is 10.6 Å². The van der Waals surface area contributed by atoms with Gasteiger partial charge in [-0.15, -0.1) is 0 Å². The number of benzene rings is 1. The second-order valence-corrected chi connectivity index (χ2v) is 6.67. The van der Waals surface area contributed by atoms with Crippen molar-refractivity contribution in [1.29, 1.82) is 4.78 Å². The Hall–Kier alpha value is -1.61. The minimum atomic E-state index is -4.44. The van der Waals surface area contributed by atoms with E-state index in [1.165, 1.54) is 25.0 Å². The van der Waals surface area contributed by atoms with E-state index in [4.69, 9.17) is 29.6 Å². The Balaban J connectivity index is 0.000000765. The summed E-state index contributed by atoms with van der Waals surface area (Å²) in [5, 5.41) is 4.20. The van der Waals surface area contributed by atoms with Crippen molar-refractivity contribution in [3.63, 3.8) is 0 Å². The van der Waals surface area contributed by atoms with Crippen LogP contribution in [0.15, 0.2) is 23.4 Å². The van der Waals surface area contributed by atoms with Crippen molar-refractivity contribution >= 4 is 27.8 Å². The van der Waals surface area contributed by atoms with Crippen molar-refractivity contribution in [1.82, 2.24) is 0 Å². The monoisotopic (exact) mass is 412 g/mol. The zero-order chi connectivity index (χ0) is 19.7. The average Bonchev–Trinajstić information content (AvgIpc) is 3.03. The molecule has 26 heavy (non-hydrogen) atoms. The second kappa shape index (κ2) is 10.5. The molecule has 0 heterocycles. The van der Waals surface area contributed by atoms with Crippen molar-refractivity contribution in [3.8, 4) is 0 Å². The summed E-state index contributed by atoms with van der Waals surface area (Å²) in [5.74, 6) is 0.461. The first-order chi connectivity index (χ1) is 12.1. The molecule has 1 fully saturated rings. The SMILES string of the molecule is CC/C(=N\OCC1CCCC1)c1cc(Cl)ccc1C(F)(F)F.N=S(=O)=O. The Labute approximate surface area is 156 Å². The molecule has 1 aliphatic carbocycles. The molecule has 0 spiro atoms. The van der Waals surface area contributed by atoms with Crippen LogP contribution in [0, 0.1) is 10.7 Å². The molecule has 0 aliphatic heterocycles. The van der Waals surface area contributed by atoms with E-state index in [1.54, 1.807) is 6.92 Å². The maximum absolute atomic E-state index is 13.1. The van der Waals surface area contributed by atoms with Gasteiger partial charge in [-0.05, 0) is 43.4 Å². The fourth-order valence-electron chi connectivity index (χ4n) is 2.70. The van der Waals surface area contributed by atoms with Crippen LogP contribution in [0.25, 0.3) is 0 Å². The van der Waals surface area contributed by atoms with Crippen LogP contribution >= 0.6 is 11.6 Å². The van der Waals surface area contributed by atoms with Crippen molar-refractivity contribution in [2.45, 2.75) is 45.2 Å². The first-order valence-electron chi connectivity index (χ1n) is 8.01. The molecular weight excluding hydrogens is 393 g/mol. The van der Waals surface area contributed by atoms with Crippen LogP contribution in [0.5, 0.6) is 0 Å². The molecule has 2 rings (SSSR count). The molecular formula is C16H20ClF3N2O3S. The first-order valence-corrected chi connectivity index (χ1v) is 9.46. The molecule has 0 atom stereocenters. The predicted octanol–water partition coefficient (Wildman–Crippen LogP) is 5.31. The lowest BCUT2D eigenvalue weighted by molar-refractivity contribution is -0.137. The van der Waals surface area contributed by atoms with E-state index in [9.17, 15) is 13.2 Å². The third kappa shape index (κ3) is 7.74. The Kier molecular flexibility index (Phi) is 9.07. The van der Waals surface area contributed by atoms with Gasteiger partial charge in [0.2, 0.25) is 0 Å². The van der Waals surface area contributed by atoms with Gasteiger partial charge < -0.3 is 4.84 Å². The summed E-state index contributed by atoms with van der Waals surface area (Å²) in [5.41, 5.74) is -0.469. The molecule has 1 aliphatic rings. The fourth-order valence-corrected chi connectivity index (χ4v) is 2.88. The largest absolute Gasteiger partial charge is 0.417 e. The molecule has 1 aromatic rings. The van der Waals surface area contributed by atoms with Gasteiger partial charge in [-0.1, -0.05) is 36.5 Å². The molecule has 146 valence electrons. The minimum absolute atomic E-state index is 0.00563. The van der Waals surface area contributed by atoms with Gasteiger partial charge in [-0.3, -0.25) is 0 Å². The molecule has 5 nitrogen and oxygen atoms in total. The van der Waals surface area contributed by atoms with Gasteiger partial charge in [0.05, 0.1) is 11.3 Å². The summed E-state index contributed by atoms with van der Waals surface area (Å²) in [6.07, 6.45) is 0.467. The Bertz CT molecular complexity index is 724. The Morgan fingerprint density at radius 1 is 1.35 bits per heavy atom. The number of oxime groups is 1. The number of hydrogen-bond donors (Lipinski definition) is 1. The van der Waals surface area contributed by atoms with Crippen LogP contribution in [-0.4, -0.2) is 20.7 Å². The summed E-state index contributed by atoms with van der Waals surface area (Å²) < 4.78 is 62.2. The number of halogens is 4. The molecule has 0 aromatic heterocycles. The molecule has 1 saturated carbocycles. The van der Waals surface area contributed by atoms with Gasteiger partial charge >= 0.3 is 16.7 Å². The predicted molar refractivity (Wildman–Crippen MR) is 92.8 cm³/mol. The number of rotatable bonds is 5. The highest BCUT2D eigenvalue weighted by atomic mass is 35.5. The molecule has 0 bridgehead atoms. The smallest absolute Gasteiger partial charge is 0.395 e. The van der Waals surface area contributed by atoms with Gasteiger partial charge in [0.25, 0.3) is 0 Å². The number of alkyl halides is 3. The van der Waals surface area contributed by atoms with E-state index >= 15 is 0 Å². The lowest BCUT2D eigenvalue weighted by Gasteiger charge is -2.14. The highest BCUT2D eigenvalue weighted by Gasteiger charge is 2.34. The Morgan fingerprint density at radius 2 is 1.92 bits per heavy atom. The first kappa shape index (κ1) is 22.4. The maximum atomic E-state index is 13.1. The van der Waals surface area contributed by atoms with E-state index in [1.807, 2.05) is 0 Å². The third-order valence-electron chi connectivity index (χ3n) is 3.89.